The van der Waals surface area contributed by atoms with Crippen molar-refractivity contribution in [1.29, 1.82) is 5.26 Å². The molecule has 0 spiro atoms. The highest BCUT2D eigenvalue weighted by molar-refractivity contribution is 5.82. The molecule has 0 amide bonds. The van der Waals surface area contributed by atoms with Gasteiger partial charge < -0.3 is 10.0 Å². The maximum absolute atomic E-state index is 13.3. The van der Waals surface area contributed by atoms with Gasteiger partial charge in [-0.1, -0.05) is 0 Å². The molecule has 2 bridgehead atoms. The number of fused-ring (bicyclic) bond motifs is 2. The summed E-state index contributed by atoms with van der Waals surface area (Å²) in [5.41, 5.74) is -4.87. The lowest BCUT2D eigenvalue weighted by atomic mass is 9.95. The average Bonchev–Trinajstić information content (AvgIpc) is 3.12. The van der Waals surface area contributed by atoms with Gasteiger partial charge in [-0.3, -0.25) is 0 Å². The van der Waals surface area contributed by atoms with Gasteiger partial charge in [-0.25, -0.2) is 4.79 Å². The van der Waals surface area contributed by atoms with Crippen LogP contribution < -0.4 is 4.90 Å². The number of rotatable bonds is 2. The van der Waals surface area contributed by atoms with Gasteiger partial charge in [0.2, 0.25) is 0 Å². The summed E-state index contributed by atoms with van der Waals surface area (Å²) in [4.78, 5) is 12.6. The number of halogens is 6. The van der Waals surface area contributed by atoms with Gasteiger partial charge in [-0.05, 0) is 37.3 Å². The predicted octanol–water partition coefficient (Wildman–Crippen LogP) is 4.04. The number of aliphatic carboxylic acids is 1. The second-order valence-corrected chi connectivity index (χ2v) is 6.44. The number of carboxylic acids is 1. The van der Waals surface area contributed by atoms with Gasteiger partial charge in [0.15, 0.2) is 0 Å². The van der Waals surface area contributed by atoms with E-state index >= 15 is 0 Å². The topological polar surface area (TPSA) is 64.3 Å². The number of piperidine rings is 1. The summed E-state index contributed by atoms with van der Waals surface area (Å²) >= 11 is 0. The van der Waals surface area contributed by atoms with Crippen molar-refractivity contribution in [3.05, 3.63) is 28.8 Å². The normalized spacial score (nSPS) is 25.4. The highest BCUT2D eigenvalue weighted by Gasteiger charge is 2.51. The first kappa shape index (κ1) is 18.4. The zero-order valence-electron chi connectivity index (χ0n) is 13.0. The Morgan fingerprint density at radius 3 is 2.31 bits per heavy atom. The largest absolute Gasteiger partial charge is 0.480 e. The average molecular weight is 378 g/mol. The highest BCUT2D eigenvalue weighted by Crippen LogP contribution is 2.49. The van der Waals surface area contributed by atoms with E-state index in [1.165, 1.54) is 6.07 Å². The van der Waals surface area contributed by atoms with Crippen molar-refractivity contribution in [2.75, 3.05) is 4.90 Å². The quantitative estimate of drug-likeness (QED) is 0.789. The fraction of sp³-hybridized carbons (Fsp3) is 0.500. The van der Waals surface area contributed by atoms with Crippen LogP contribution in [-0.2, 0) is 17.1 Å². The lowest BCUT2D eigenvalue weighted by Crippen LogP contribution is -2.46. The van der Waals surface area contributed by atoms with Gasteiger partial charge >= 0.3 is 18.3 Å². The molecule has 1 saturated heterocycles. The van der Waals surface area contributed by atoms with Crippen LogP contribution in [0.5, 0.6) is 0 Å². The van der Waals surface area contributed by atoms with E-state index in [2.05, 4.69) is 0 Å². The molecule has 4 nitrogen and oxygen atoms in total. The molecule has 1 N–H and O–H groups in total. The first-order chi connectivity index (χ1) is 11.9. The smallest absolute Gasteiger partial charge is 0.417 e. The Morgan fingerprint density at radius 2 is 1.81 bits per heavy atom. The first-order valence-corrected chi connectivity index (χ1v) is 7.68. The van der Waals surface area contributed by atoms with Gasteiger partial charge in [0.25, 0.3) is 0 Å². The lowest BCUT2D eigenvalue weighted by Gasteiger charge is -2.36. The van der Waals surface area contributed by atoms with Gasteiger partial charge in [0, 0.05) is 6.04 Å². The monoisotopic (exact) mass is 378 g/mol. The van der Waals surface area contributed by atoms with E-state index in [0.717, 1.165) is 4.90 Å². The van der Waals surface area contributed by atoms with Crippen molar-refractivity contribution in [3.63, 3.8) is 0 Å². The SMILES string of the molecule is N#Cc1c(N2[C@@H]3CC[C@@H](C3)[C@H]2C(=O)O)cc(C(F)(F)F)cc1C(F)(F)F. The lowest BCUT2D eigenvalue weighted by molar-refractivity contribution is -0.143. The molecule has 2 fully saturated rings. The molecule has 1 aromatic rings. The molecule has 1 heterocycles. The number of anilines is 1. The summed E-state index contributed by atoms with van der Waals surface area (Å²) in [5.74, 6) is -1.69. The third-order valence-corrected chi connectivity index (χ3v) is 4.98. The minimum Gasteiger partial charge on any atom is -0.480 e. The Kier molecular flexibility index (Phi) is 4.09. The summed E-state index contributed by atoms with van der Waals surface area (Å²) in [5, 5.41) is 18.6. The van der Waals surface area contributed by atoms with Crippen molar-refractivity contribution >= 4 is 11.7 Å². The second-order valence-electron chi connectivity index (χ2n) is 6.44. The van der Waals surface area contributed by atoms with Gasteiger partial charge in [0.1, 0.15) is 12.1 Å². The maximum atomic E-state index is 13.3. The van der Waals surface area contributed by atoms with Crippen LogP contribution in [0.4, 0.5) is 32.0 Å². The van der Waals surface area contributed by atoms with Crippen molar-refractivity contribution in [1.82, 2.24) is 0 Å². The summed E-state index contributed by atoms with van der Waals surface area (Å²) < 4.78 is 79.1. The van der Waals surface area contributed by atoms with Crippen LogP contribution in [0, 0.1) is 17.2 Å². The molecule has 1 aromatic carbocycles. The van der Waals surface area contributed by atoms with Crippen LogP contribution in [0.2, 0.25) is 0 Å². The van der Waals surface area contributed by atoms with Crippen LogP contribution >= 0.6 is 0 Å². The molecule has 0 aromatic heterocycles. The molecule has 3 rings (SSSR count). The third-order valence-electron chi connectivity index (χ3n) is 4.98. The molecule has 10 heteroatoms. The molecule has 3 atom stereocenters. The van der Waals surface area contributed by atoms with Gasteiger partial charge in [-0.15, -0.1) is 0 Å². The Hall–Kier alpha value is -2.44. The van der Waals surface area contributed by atoms with E-state index in [-0.39, 0.29) is 12.0 Å². The summed E-state index contributed by atoms with van der Waals surface area (Å²) in [7, 11) is 0. The minimum atomic E-state index is -5.18. The number of benzene rings is 1. The fourth-order valence-corrected chi connectivity index (χ4v) is 3.99. The van der Waals surface area contributed by atoms with Crippen molar-refractivity contribution in [3.8, 4) is 6.07 Å². The summed E-state index contributed by atoms with van der Waals surface area (Å²) in [6, 6.07) is -0.0799. The predicted molar refractivity (Wildman–Crippen MR) is 76.2 cm³/mol. The molecule has 140 valence electrons. The molecule has 0 radical (unpaired) electrons. The number of hydrogen-bond donors (Lipinski definition) is 1. The Morgan fingerprint density at radius 1 is 1.15 bits per heavy atom. The fourth-order valence-electron chi connectivity index (χ4n) is 3.99. The number of carboxylic acid groups (broad SMARTS) is 1. The highest BCUT2D eigenvalue weighted by atomic mass is 19.4. The van der Waals surface area contributed by atoms with Crippen LogP contribution in [0.3, 0.4) is 0 Å². The van der Waals surface area contributed by atoms with Crippen molar-refractivity contribution < 1.29 is 36.2 Å². The van der Waals surface area contributed by atoms with E-state index < -0.39 is 52.8 Å². The second kappa shape index (κ2) is 5.79. The van der Waals surface area contributed by atoms with Gasteiger partial charge in [-0.2, -0.15) is 31.6 Å². The molecule has 2 aliphatic rings. The van der Waals surface area contributed by atoms with Gasteiger partial charge in [0.05, 0.1) is 22.4 Å². The van der Waals surface area contributed by atoms with E-state index in [9.17, 15) is 41.5 Å². The number of hydrogen-bond acceptors (Lipinski definition) is 3. The van der Waals surface area contributed by atoms with E-state index in [1.54, 1.807) is 0 Å². The molecular weight excluding hydrogens is 366 g/mol. The minimum absolute atomic E-state index is 0.105. The summed E-state index contributed by atoms with van der Waals surface area (Å²) in [6.45, 7) is 0. The van der Waals surface area contributed by atoms with E-state index in [4.69, 9.17) is 0 Å². The molecular formula is C16H12F6N2O2. The molecule has 1 saturated carbocycles. The molecule has 26 heavy (non-hydrogen) atoms. The zero-order valence-corrected chi connectivity index (χ0v) is 13.0. The zero-order chi connectivity index (χ0) is 19.4. The van der Waals surface area contributed by atoms with E-state index in [1.807, 2.05) is 0 Å². The summed E-state index contributed by atoms with van der Waals surface area (Å²) in [6.07, 6.45) is -8.90. The number of carbonyl (C=O) groups is 1. The molecule has 1 aliphatic carbocycles. The Labute approximate surface area is 143 Å². The Bertz CT molecular complexity index is 796. The van der Waals surface area contributed by atoms with E-state index in [0.29, 0.717) is 25.3 Å². The van der Waals surface area contributed by atoms with Crippen LogP contribution in [0.1, 0.15) is 36.0 Å². The Balaban J connectivity index is 2.26. The first-order valence-electron chi connectivity index (χ1n) is 7.68. The maximum Gasteiger partial charge on any atom is 0.417 e. The number of nitrogens with zero attached hydrogens (tertiary/aromatic N) is 2. The third kappa shape index (κ3) is 2.85. The molecule has 1 aliphatic heterocycles. The standard InChI is InChI=1S/C16H12F6N2O2/c17-15(18,19)8-4-11(16(20,21)22)10(6-23)12(5-8)24-9-2-1-7(3-9)13(24)14(25)26/h4-5,7,9,13H,1-3H2,(H,25,26)/t7-,9+,13-/m0/s1. The van der Waals surface area contributed by atoms with Crippen LogP contribution in [-0.4, -0.2) is 23.2 Å². The van der Waals surface area contributed by atoms with Crippen LogP contribution in [0.15, 0.2) is 12.1 Å². The number of alkyl halides is 6. The van der Waals surface area contributed by atoms with Crippen LogP contribution in [0.25, 0.3) is 0 Å². The van der Waals surface area contributed by atoms with Crippen molar-refractivity contribution in [2.45, 2.75) is 43.7 Å². The molecule has 0 unspecified atom stereocenters. The number of nitriles is 1. The van der Waals surface area contributed by atoms with Crippen molar-refractivity contribution in [2.24, 2.45) is 5.92 Å².